The molecule has 1 atom stereocenters. The molecule has 0 aromatic heterocycles. The molecular weight excluding hydrogens is 362 g/mol. The minimum absolute atomic E-state index is 0.603. The summed E-state index contributed by atoms with van der Waals surface area (Å²) in [5, 5.41) is 0.888. The van der Waals surface area contributed by atoms with Crippen molar-refractivity contribution in [2.45, 2.75) is 24.7 Å². The van der Waals surface area contributed by atoms with Crippen molar-refractivity contribution >= 4 is 49.3 Å². The van der Waals surface area contributed by atoms with E-state index in [0.29, 0.717) is 6.04 Å². The molecule has 96 valence electrons. The van der Waals surface area contributed by atoms with Crippen molar-refractivity contribution in [3.05, 3.63) is 28.2 Å². The molecule has 1 nitrogen and oxygen atoms in total. The van der Waals surface area contributed by atoms with Crippen molar-refractivity contribution in [2.24, 2.45) is 0 Å². The SMILES string of the molecule is CCC(CSC)N(C)c1ccc(CBr)c(Br)c1. The molecule has 0 N–H and O–H groups in total. The van der Waals surface area contributed by atoms with Crippen molar-refractivity contribution < 1.29 is 0 Å². The third kappa shape index (κ3) is 4.18. The van der Waals surface area contributed by atoms with E-state index in [1.165, 1.54) is 27.9 Å². The van der Waals surface area contributed by atoms with Crippen molar-refractivity contribution in [2.75, 3.05) is 24.0 Å². The molecule has 17 heavy (non-hydrogen) atoms. The molecule has 1 rings (SSSR count). The van der Waals surface area contributed by atoms with E-state index in [9.17, 15) is 0 Å². The second-order valence-electron chi connectivity index (χ2n) is 4.04. The molecule has 0 bridgehead atoms. The maximum Gasteiger partial charge on any atom is 0.0377 e. The molecule has 0 saturated carbocycles. The number of nitrogens with zero attached hydrogens (tertiary/aromatic N) is 1. The van der Waals surface area contributed by atoms with Crippen molar-refractivity contribution in [3.8, 4) is 0 Å². The van der Waals surface area contributed by atoms with Crippen LogP contribution in [0, 0.1) is 0 Å². The summed E-state index contributed by atoms with van der Waals surface area (Å²) >= 11 is 9.02. The molecule has 1 unspecified atom stereocenters. The first-order valence-corrected chi connectivity index (χ1v) is 9.01. The van der Waals surface area contributed by atoms with E-state index in [1.54, 1.807) is 0 Å². The van der Waals surface area contributed by atoms with Crippen LogP contribution in [-0.2, 0) is 5.33 Å². The average Bonchev–Trinajstić information content (AvgIpc) is 2.35. The summed E-state index contributed by atoms with van der Waals surface area (Å²) in [4.78, 5) is 2.37. The molecule has 0 aliphatic rings. The van der Waals surface area contributed by atoms with E-state index < -0.39 is 0 Å². The number of hydrogen-bond acceptors (Lipinski definition) is 2. The van der Waals surface area contributed by atoms with E-state index in [-0.39, 0.29) is 0 Å². The molecule has 0 saturated heterocycles. The largest absolute Gasteiger partial charge is 0.371 e. The summed E-state index contributed by atoms with van der Waals surface area (Å²) in [5.41, 5.74) is 2.57. The Morgan fingerprint density at radius 3 is 2.59 bits per heavy atom. The summed E-state index contributed by atoms with van der Waals surface area (Å²) in [7, 11) is 2.18. The van der Waals surface area contributed by atoms with E-state index in [4.69, 9.17) is 0 Å². The minimum atomic E-state index is 0.603. The first-order chi connectivity index (χ1) is 8.13. The van der Waals surface area contributed by atoms with E-state index in [1.807, 2.05) is 11.8 Å². The molecule has 1 aromatic carbocycles. The number of hydrogen-bond donors (Lipinski definition) is 0. The van der Waals surface area contributed by atoms with Gasteiger partial charge in [0.2, 0.25) is 0 Å². The van der Waals surface area contributed by atoms with Gasteiger partial charge in [0, 0.05) is 34.3 Å². The lowest BCUT2D eigenvalue weighted by Gasteiger charge is -2.29. The van der Waals surface area contributed by atoms with Crippen LogP contribution in [0.4, 0.5) is 5.69 Å². The van der Waals surface area contributed by atoms with Crippen molar-refractivity contribution in [1.82, 2.24) is 0 Å². The Kier molecular flexibility index (Phi) is 6.97. The number of halogens is 2. The second-order valence-corrected chi connectivity index (χ2v) is 6.36. The summed E-state index contributed by atoms with van der Waals surface area (Å²) in [6, 6.07) is 7.19. The highest BCUT2D eigenvalue weighted by atomic mass is 79.9. The van der Waals surface area contributed by atoms with E-state index in [0.717, 1.165) is 5.33 Å². The normalized spacial score (nSPS) is 12.5. The van der Waals surface area contributed by atoms with Gasteiger partial charge in [-0.2, -0.15) is 11.8 Å². The smallest absolute Gasteiger partial charge is 0.0377 e. The molecule has 0 heterocycles. The summed E-state index contributed by atoms with van der Waals surface area (Å²) in [6.45, 7) is 2.25. The molecule has 0 radical (unpaired) electrons. The van der Waals surface area contributed by atoms with Crippen LogP contribution in [0.1, 0.15) is 18.9 Å². The molecule has 0 aliphatic carbocycles. The third-order valence-corrected chi connectivity index (χ3v) is 5.03. The zero-order valence-electron chi connectivity index (χ0n) is 10.5. The fourth-order valence-electron chi connectivity index (χ4n) is 1.77. The Balaban J connectivity index is 2.87. The first-order valence-electron chi connectivity index (χ1n) is 5.70. The monoisotopic (exact) mass is 379 g/mol. The Morgan fingerprint density at radius 2 is 2.12 bits per heavy atom. The predicted molar refractivity (Wildman–Crippen MR) is 87.6 cm³/mol. The summed E-state index contributed by atoms with van der Waals surface area (Å²) in [5.74, 6) is 1.17. The quantitative estimate of drug-likeness (QED) is 0.644. The van der Waals surface area contributed by atoms with Crippen molar-refractivity contribution in [1.29, 1.82) is 0 Å². The third-order valence-electron chi connectivity index (χ3n) is 2.97. The van der Waals surface area contributed by atoms with Gasteiger partial charge in [0.15, 0.2) is 0 Å². The first kappa shape index (κ1) is 15.4. The molecule has 1 aromatic rings. The summed E-state index contributed by atoms with van der Waals surface area (Å²) < 4.78 is 1.18. The zero-order chi connectivity index (χ0) is 12.8. The van der Waals surface area contributed by atoms with Crippen LogP contribution < -0.4 is 4.90 Å². The van der Waals surface area contributed by atoms with Crippen LogP contribution in [0.3, 0.4) is 0 Å². The zero-order valence-corrected chi connectivity index (χ0v) is 14.5. The van der Waals surface area contributed by atoms with Crippen LogP contribution in [0.5, 0.6) is 0 Å². The minimum Gasteiger partial charge on any atom is -0.371 e. The number of benzene rings is 1. The Hall–Kier alpha value is 0.330. The fraction of sp³-hybridized carbons (Fsp3) is 0.538. The van der Waals surface area contributed by atoms with Gasteiger partial charge in [0.1, 0.15) is 0 Å². The number of anilines is 1. The van der Waals surface area contributed by atoms with Crippen LogP contribution in [0.25, 0.3) is 0 Å². The Bertz CT molecular complexity index is 357. The van der Waals surface area contributed by atoms with Crippen LogP contribution >= 0.6 is 43.6 Å². The van der Waals surface area contributed by atoms with Gasteiger partial charge in [-0.05, 0) is 30.4 Å². The van der Waals surface area contributed by atoms with E-state index >= 15 is 0 Å². The molecule has 4 heteroatoms. The lowest BCUT2D eigenvalue weighted by molar-refractivity contribution is 0.673. The highest BCUT2D eigenvalue weighted by Gasteiger charge is 2.13. The average molecular weight is 381 g/mol. The highest BCUT2D eigenvalue weighted by molar-refractivity contribution is 9.10. The van der Waals surface area contributed by atoms with Gasteiger partial charge in [-0.25, -0.2) is 0 Å². The van der Waals surface area contributed by atoms with Gasteiger partial charge >= 0.3 is 0 Å². The Morgan fingerprint density at radius 1 is 1.41 bits per heavy atom. The highest BCUT2D eigenvalue weighted by Crippen LogP contribution is 2.27. The van der Waals surface area contributed by atoms with Gasteiger partial charge in [0.25, 0.3) is 0 Å². The topological polar surface area (TPSA) is 3.24 Å². The van der Waals surface area contributed by atoms with Gasteiger partial charge in [-0.15, -0.1) is 0 Å². The maximum absolute atomic E-state index is 3.62. The molecule has 0 fully saturated rings. The lowest BCUT2D eigenvalue weighted by atomic mass is 10.1. The van der Waals surface area contributed by atoms with Crippen LogP contribution in [-0.4, -0.2) is 25.1 Å². The summed E-state index contributed by atoms with van der Waals surface area (Å²) in [6.07, 6.45) is 3.34. The lowest BCUT2D eigenvalue weighted by Crippen LogP contribution is -2.33. The number of alkyl halides is 1. The van der Waals surface area contributed by atoms with Gasteiger partial charge in [-0.3, -0.25) is 0 Å². The maximum atomic E-state index is 3.62. The second kappa shape index (κ2) is 7.70. The Labute approximate surface area is 126 Å². The van der Waals surface area contributed by atoms with Gasteiger partial charge < -0.3 is 4.90 Å². The van der Waals surface area contributed by atoms with Gasteiger partial charge in [-0.1, -0.05) is 44.8 Å². The molecular formula is C13H19Br2NS. The predicted octanol–water partition coefficient (Wildman–Crippen LogP) is 4.92. The number of thioether (sulfide) groups is 1. The standard InChI is InChI=1S/C13H19Br2NS/c1-4-11(9-17-3)16(2)12-6-5-10(8-14)13(15)7-12/h5-7,11H,4,8-9H2,1-3H3. The van der Waals surface area contributed by atoms with Crippen LogP contribution in [0.15, 0.2) is 22.7 Å². The number of rotatable bonds is 6. The van der Waals surface area contributed by atoms with Gasteiger partial charge in [0.05, 0.1) is 0 Å². The molecule has 0 aliphatic heterocycles. The van der Waals surface area contributed by atoms with Crippen LogP contribution in [0.2, 0.25) is 0 Å². The molecule has 0 spiro atoms. The van der Waals surface area contributed by atoms with E-state index in [2.05, 4.69) is 75.2 Å². The molecule has 0 amide bonds. The fourth-order valence-corrected chi connectivity index (χ4v) is 3.99. The van der Waals surface area contributed by atoms with Crippen molar-refractivity contribution in [3.63, 3.8) is 0 Å².